The van der Waals surface area contributed by atoms with E-state index >= 15 is 0 Å². The summed E-state index contributed by atoms with van der Waals surface area (Å²) in [5.41, 5.74) is 0.927. The van der Waals surface area contributed by atoms with Crippen LogP contribution in [0.5, 0.6) is 0 Å². The average molecular weight is 322 g/mol. The number of rotatable bonds is 5. The van der Waals surface area contributed by atoms with E-state index in [4.69, 9.17) is 0 Å². The molecule has 4 nitrogen and oxygen atoms in total. The van der Waals surface area contributed by atoms with Crippen LogP contribution >= 0.6 is 0 Å². The van der Waals surface area contributed by atoms with Gasteiger partial charge in [-0.1, -0.05) is 48.5 Å². The van der Waals surface area contributed by atoms with Gasteiger partial charge < -0.3 is 10.2 Å². The average Bonchev–Trinajstić information content (AvgIpc) is 3.44. The van der Waals surface area contributed by atoms with Crippen molar-refractivity contribution >= 4 is 17.5 Å². The highest BCUT2D eigenvalue weighted by atomic mass is 16.2. The highest BCUT2D eigenvalue weighted by molar-refractivity contribution is 6.13. The molecule has 1 N–H and O–H groups in total. The van der Waals surface area contributed by atoms with Gasteiger partial charge in [-0.25, -0.2) is 0 Å². The smallest absolute Gasteiger partial charge is 0.242 e. The molecule has 1 atom stereocenters. The molecule has 2 amide bonds. The molecule has 1 saturated carbocycles. The molecule has 2 aromatic carbocycles. The minimum absolute atomic E-state index is 0.119. The fraction of sp³-hybridized carbons (Fsp3) is 0.300. The molecule has 1 unspecified atom stereocenters. The maximum Gasteiger partial charge on any atom is 0.242 e. The zero-order valence-corrected chi connectivity index (χ0v) is 14.0. The predicted octanol–water partition coefficient (Wildman–Crippen LogP) is 3.31. The summed E-state index contributed by atoms with van der Waals surface area (Å²) in [5.74, 6) is -0.307. The van der Waals surface area contributed by atoms with Gasteiger partial charge in [0.1, 0.15) is 5.41 Å². The van der Waals surface area contributed by atoms with Crippen molar-refractivity contribution in [2.45, 2.75) is 25.8 Å². The molecular formula is C20H22N2O2. The normalized spacial score (nSPS) is 16.1. The van der Waals surface area contributed by atoms with Crippen molar-refractivity contribution in [1.82, 2.24) is 5.32 Å². The molecule has 0 spiro atoms. The largest absolute Gasteiger partial charge is 0.349 e. The van der Waals surface area contributed by atoms with Crippen molar-refractivity contribution in [3.05, 3.63) is 66.2 Å². The number of hydrogen-bond acceptors (Lipinski definition) is 2. The minimum Gasteiger partial charge on any atom is -0.349 e. The Bertz CT molecular complexity index is 724. The number of amides is 2. The van der Waals surface area contributed by atoms with Crippen LogP contribution in [0.4, 0.5) is 5.69 Å². The third kappa shape index (κ3) is 3.04. The Kier molecular flexibility index (Phi) is 4.38. The van der Waals surface area contributed by atoms with Crippen LogP contribution in [-0.2, 0) is 9.59 Å². The number of nitrogens with one attached hydrogen (secondary N) is 1. The number of carbonyl (C=O) groups excluding carboxylic acids is 2. The number of hydrogen-bond donors (Lipinski definition) is 1. The van der Waals surface area contributed by atoms with Gasteiger partial charge in [-0.2, -0.15) is 0 Å². The summed E-state index contributed by atoms with van der Waals surface area (Å²) in [6.45, 7) is 1.94. The SMILES string of the molecule is CC(NC(=O)C1(C(=O)N(C)c2ccccc2)CC1)c1ccccc1. The number of benzene rings is 2. The molecule has 1 aliphatic rings. The van der Waals surface area contributed by atoms with Gasteiger partial charge in [-0.15, -0.1) is 0 Å². The fourth-order valence-electron chi connectivity index (χ4n) is 2.91. The van der Waals surface area contributed by atoms with E-state index in [1.54, 1.807) is 11.9 Å². The Morgan fingerprint density at radius 2 is 1.54 bits per heavy atom. The standard InChI is InChI=1S/C20H22N2O2/c1-15(16-9-5-3-6-10-16)21-18(23)20(13-14-20)19(24)22(2)17-11-7-4-8-12-17/h3-12,15H,13-14H2,1-2H3,(H,21,23). The van der Waals surface area contributed by atoms with Crippen molar-refractivity contribution in [2.24, 2.45) is 5.41 Å². The topological polar surface area (TPSA) is 49.4 Å². The second kappa shape index (κ2) is 6.48. The molecule has 0 aliphatic heterocycles. The van der Waals surface area contributed by atoms with E-state index in [9.17, 15) is 9.59 Å². The third-order valence-corrected chi connectivity index (χ3v) is 4.69. The Morgan fingerprint density at radius 1 is 1.00 bits per heavy atom. The van der Waals surface area contributed by atoms with Crippen molar-refractivity contribution in [2.75, 3.05) is 11.9 Å². The summed E-state index contributed by atoms with van der Waals surface area (Å²) in [7, 11) is 1.73. The van der Waals surface area contributed by atoms with Gasteiger partial charge in [-0.05, 0) is 37.5 Å². The van der Waals surface area contributed by atoms with E-state index in [1.807, 2.05) is 67.6 Å². The van der Waals surface area contributed by atoms with E-state index in [1.165, 1.54) is 0 Å². The van der Waals surface area contributed by atoms with Crippen LogP contribution in [0.25, 0.3) is 0 Å². The molecule has 0 saturated heterocycles. The highest BCUT2D eigenvalue weighted by Crippen LogP contribution is 2.48. The lowest BCUT2D eigenvalue weighted by atomic mass is 10.0. The maximum absolute atomic E-state index is 12.9. The zero-order chi connectivity index (χ0) is 17.2. The Morgan fingerprint density at radius 3 is 2.08 bits per heavy atom. The van der Waals surface area contributed by atoms with Gasteiger partial charge in [0.05, 0.1) is 6.04 Å². The zero-order valence-electron chi connectivity index (χ0n) is 14.0. The lowest BCUT2D eigenvalue weighted by molar-refractivity contribution is -0.136. The highest BCUT2D eigenvalue weighted by Gasteiger charge is 2.57. The summed E-state index contributed by atoms with van der Waals surface area (Å²) in [6, 6.07) is 19.1. The number of nitrogens with zero attached hydrogens (tertiary/aromatic N) is 1. The molecule has 0 heterocycles. The van der Waals surface area contributed by atoms with E-state index in [-0.39, 0.29) is 17.9 Å². The first-order chi connectivity index (χ1) is 11.5. The van der Waals surface area contributed by atoms with Gasteiger partial charge >= 0.3 is 0 Å². The third-order valence-electron chi connectivity index (χ3n) is 4.69. The van der Waals surface area contributed by atoms with Crippen LogP contribution in [0.2, 0.25) is 0 Å². The van der Waals surface area contributed by atoms with Crippen LogP contribution in [0.15, 0.2) is 60.7 Å². The molecule has 0 aromatic heterocycles. The molecule has 124 valence electrons. The number of carbonyl (C=O) groups is 2. The first kappa shape index (κ1) is 16.2. The molecule has 0 radical (unpaired) electrons. The van der Waals surface area contributed by atoms with Crippen LogP contribution in [0.1, 0.15) is 31.4 Å². The second-order valence-corrected chi connectivity index (χ2v) is 6.39. The summed E-state index contributed by atoms with van der Waals surface area (Å²) in [4.78, 5) is 27.2. The molecule has 24 heavy (non-hydrogen) atoms. The maximum atomic E-state index is 12.9. The molecule has 3 rings (SSSR count). The summed E-state index contributed by atoms with van der Waals surface area (Å²) in [6.07, 6.45) is 1.21. The second-order valence-electron chi connectivity index (χ2n) is 6.39. The van der Waals surface area contributed by atoms with E-state index in [2.05, 4.69) is 5.32 Å². The monoisotopic (exact) mass is 322 g/mol. The Labute approximate surface area is 142 Å². The van der Waals surface area contributed by atoms with E-state index < -0.39 is 5.41 Å². The van der Waals surface area contributed by atoms with Gasteiger partial charge in [-0.3, -0.25) is 9.59 Å². The lowest BCUT2D eigenvalue weighted by Gasteiger charge is -2.24. The van der Waals surface area contributed by atoms with E-state index in [0.717, 1.165) is 11.3 Å². The van der Waals surface area contributed by atoms with Gasteiger partial charge in [0.2, 0.25) is 11.8 Å². The Balaban J connectivity index is 1.71. The molecule has 4 heteroatoms. The molecule has 2 aromatic rings. The van der Waals surface area contributed by atoms with Crippen LogP contribution < -0.4 is 10.2 Å². The first-order valence-electron chi connectivity index (χ1n) is 8.24. The minimum atomic E-state index is -0.909. The van der Waals surface area contributed by atoms with E-state index in [0.29, 0.717) is 12.8 Å². The van der Waals surface area contributed by atoms with Crippen molar-refractivity contribution < 1.29 is 9.59 Å². The fourth-order valence-corrected chi connectivity index (χ4v) is 2.91. The lowest BCUT2D eigenvalue weighted by Crippen LogP contribution is -2.44. The van der Waals surface area contributed by atoms with Crippen molar-refractivity contribution in [3.63, 3.8) is 0 Å². The predicted molar refractivity (Wildman–Crippen MR) is 94.5 cm³/mol. The van der Waals surface area contributed by atoms with Crippen LogP contribution in [0, 0.1) is 5.41 Å². The van der Waals surface area contributed by atoms with Crippen LogP contribution in [-0.4, -0.2) is 18.9 Å². The van der Waals surface area contributed by atoms with Crippen molar-refractivity contribution in [3.8, 4) is 0 Å². The number of para-hydroxylation sites is 1. The van der Waals surface area contributed by atoms with Gasteiger partial charge in [0.25, 0.3) is 0 Å². The number of anilines is 1. The molecule has 1 aliphatic carbocycles. The molecule has 0 bridgehead atoms. The molecular weight excluding hydrogens is 300 g/mol. The first-order valence-corrected chi connectivity index (χ1v) is 8.24. The summed E-state index contributed by atoms with van der Waals surface area (Å²) < 4.78 is 0. The van der Waals surface area contributed by atoms with Crippen LogP contribution in [0.3, 0.4) is 0 Å². The quantitative estimate of drug-likeness (QED) is 0.859. The van der Waals surface area contributed by atoms with Crippen molar-refractivity contribution in [1.29, 1.82) is 0 Å². The molecule has 1 fully saturated rings. The van der Waals surface area contributed by atoms with Gasteiger partial charge in [0, 0.05) is 12.7 Å². The summed E-state index contributed by atoms with van der Waals surface area (Å²) >= 11 is 0. The Hall–Kier alpha value is -2.62. The summed E-state index contributed by atoms with van der Waals surface area (Å²) in [5, 5.41) is 3.00. The van der Waals surface area contributed by atoms with Gasteiger partial charge in [0.15, 0.2) is 0 Å².